The number of anilines is 2. The number of hydrogen-bond donors (Lipinski definition) is 2. The molecule has 0 spiro atoms. The lowest BCUT2D eigenvalue weighted by Gasteiger charge is -2.15. The summed E-state index contributed by atoms with van der Waals surface area (Å²) < 4.78 is 16.8. The number of benzene rings is 2. The molecule has 0 atom stereocenters. The second-order valence-corrected chi connectivity index (χ2v) is 6.13. The lowest BCUT2D eigenvalue weighted by Crippen LogP contribution is -2.21. The van der Waals surface area contributed by atoms with Gasteiger partial charge in [0.05, 0.1) is 27.9 Å². The van der Waals surface area contributed by atoms with Crippen molar-refractivity contribution in [1.29, 1.82) is 0 Å². The minimum absolute atomic E-state index is 0.137. The van der Waals surface area contributed by atoms with Crippen molar-refractivity contribution in [2.45, 2.75) is 6.92 Å². The number of methoxy groups -OCH3 is 3. The number of rotatable bonds is 7. The number of aryl methyl sites for hydroxylation is 1. The van der Waals surface area contributed by atoms with E-state index in [1.54, 1.807) is 12.1 Å². The fourth-order valence-corrected chi connectivity index (χ4v) is 2.54. The summed E-state index contributed by atoms with van der Waals surface area (Å²) in [6.45, 7) is 2.13. The van der Waals surface area contributed by atoms with E-state index in [0.717, 1.165) is 15.7 Å². The molecule has 0 aliphatic carbocycles. The Hall–Kier alpha value is -2.41. The summed E-state index contributed by atoms with van der Waals surface area (Å²) in [6.07, 6.45) is 0. The molecule has 134 valence electrons. The smallest absolute Gasteiger partial charge is 0.243 e. The minimum atomic E-state index is -0.185. The molecule has 2 N–H and O–H groups in total. The largest absolute Gasteiger partial charge is 0.493 e. The van der Waals surface area contributed by atoms with Gasteiger partial charge in [0.2, 0.25) is 11.7 Å². The van der Waals surface area contributed by atoms with Crippen LogP contribution in [0, 0.1) is 6.92 Å². The summed E-state index contributed by atoms with van der Waals surface area (Å²) in [5, 5.41) is 5.91. The summed E-state index contributed by atoms with van der Waals surface area (Å²) in [7, 11) is 4.59. The molecule has 0 aliphatic heterocycles. The van der Waals surface area contributed by atoms with Crippen molar-refractivity contribution in [3.63, 3.8) is 0 Å². The maximum atomic E-state index is 12.2. The molecule has 2 rings (SSSR count). The van der Waals surface area contributed by atoms with E-state index in [0.29, 0.717) is 22.9 Å². The SMILES string of the molecule is COc1cc(NC(=O)CNc2ccc(Br)c(C)c2)cc(OC)c1OC. The lowest BCUT2D eigenvalue weighted by atomic mass is 10.2. The van der Waals surface area contributed by atoms with E-state index in [2.05, 4.69) is 26.6 Å². The van der Waals surface area contributed by atoms with Gasteiger partial charge in [0.25, 0.3) is 0 Å². The fourth-order valence-electron chi connectivity index (χ4n) is 2.30. The molecule has 25 heavy (non-hydrogen) atoms. The molecule has 6 nitrogen and oxygen atoms in total. The number of carbonyl (C=O) groups is 1. The molecule has 2 aromatic rings. The van der Waals surface area contributed by atoms with Crippen LogP contribution in [0.3, 0.4) is 0 Å². The van der Waals surface area contributed by atoms with E-state index in [4.69, 9.17) is 14.2 Å². The van der Waals surface area contributed by atoms with Crippen LogP contribution in [-0.4, -0.2) is 33.8 Å². The van der Waals surface area contributed by atoms with Gasteiger partial charge < -0.3 is 24.8 Å². The monoisotopic (exact) mass is 408 g/mol. The predicted molar refractivity (Wildman–Crippen MR) is 102 cm³/mol. The van der Waals surface area contributed by atoms with Gasteiger partial charge in [-0.2, -0.15) is 0 Å². The molecule has 0 aliphatic rings. The van der Waals surface area contributed by atoms with Crippen LogP contribution in [0.2, 0.25) is 0 Å². The highest BCUT2D eigenvalue weighted by atomic mass is 79.9. The molecular formula is C18H21BrN2O4. The Morgan fingerprint density at radius 2 is 1.64 bits per heavy atom. The zero-order valence-corrected chi connectivity index (χ0v) is 16.2. The van der Waals surface area contributed by atoms with Gasteiger partial charge in [0, 0.05) is 28.0 Å². The van der Waals surface area contributed by atoms with Crippen LogP contribution in [0.5, 0.6) is 17.2 Å². The van der Waals surface area contributed by atoms with Crippen LogP contribution in [-0.2, 0) is 4.79 Å². The second-order valence-electron chi connectivity index (χ2n) is 5.28. The Balaban J connectivity index is 2.05. The quantitative estimate of drug-likeness (QED) is 0.728. The molecule has 0 aromatic heterocycles. The van der Waals surface area contributed by atoms with Crippen molar-refractivity contribution < 1.29 is 19.0 Å². The third kappa shape index (κ3) is 4.79. The first-order valence-electron chi connectivity index (χ1n) is 7.58. The van der Waals surface area contributed by atoms with Crippen molar-refractivity contribution in [2.75, 3.05) is 38.5 Å². The Labute approximate surface area is 155 Å². The summed E-state index contributed by atoms with van der Waals surface area (Å²) in [5.74, 6) is 1.25. The van der Waals surface area contributed by atoms with Crippen LogP contribution in [0.4, 0.5) is 11.4 Å². The van der Waals surface area contributed by atoms with Crippen molar-refractivity contribution in [2.24, 2.45) is 0 Å². The summed E-state index contributed by atoms with van der Waals surface area (Å²) >= 11 is 3.45. The number of amides is 1. The number of nitrogens with one attached hydrogen (secondary N) is 2. The highest BCUT2D eigenvalue weighted by Crippen LogP contribution is 2.39. The lowest BCUT2D eigenvalue weighted by molar-refractivity contribution is -0.114. The van der Waals surface area contributed by atoms with E-state index in [-0.39, 0.29) is 12.5 Å². The van der Waals surface area contributed by atoms with Crippen LogP contribution in [0.25, 0.3) is 0 Å². The van der Waals surface area contributed by atoms with Crippen LogP contribution in [0.15, 0.2) is 34.8 Å². The summed E-state index contributed by atoms with van der Waals surface area (Å²) in [4.78, 5) is 12.2. The van der Waals surface area contributed by atoms with E-state index in [1.807, 2.05) is 25.1 Å². The molecule has 0 radical (unpaired) electrons. The number of hydrogen-bond acceptors (Lipinski definition) is 5. The Morgan fingerprint density at radius 3 is 2.16 bits per heavy atom. The van der Waals surface area contributed by atoms with E-state index < -0.39 is 0 Å². The van der Waals surface area contributed by atoms with Crippen LogP contribution >= 0.6 is 15.9 Å². The van der Waals surface area contributed by atoms with Gasteiger partial charge in [0.15, 0.2) is 11.5 Å². The van der Waals surface area contributed by atoms with Gasteiger partial charge in [0.1, 0.15) is 0 Å². The maximum absolute atomic E-state index is 12.2. The zero-order chi connectivity index (χ0) is 18.4. The third-order valence-corrected chi connectivity index (χ3v) is 4.45. The third-order valence-electron chi connectivity index (χ3n) is 3.56. The number of carbonyl (C=O) groups excluding carboxylic acids is 1. The Bertz CT molecular complexity index is 740. The van der Waals surface area contributed by atoms with E-state index >= 15 is 0 Å². The van der Waals surface area contributed by atoms with Gasteiger partial charge in [-0.25, -0.2) is 0 Å². The first-order chi connectivity index (χ1) is 12.0. The van der Waals surface area contributed by atoms with Gasteiger partial charge in [-0.3, -0.25) is 4.79 Å². The molecule has 2 aromatic carbocycles. The molecule has 0 heterocycles. The predicted octanol–water partition coefficient (Wildman–Crippen LogP) is 3.83. The van der Waals surface area contributed by atoms with Gasteiger partial charge in [-0.1, -0.05) is 15.9 Å². The topological polar surface area (TPSA) is 68.8 Å². The average molecular weight is 409 g/mol. The highest BCUT2D eigenvalue weighted by molar-refractivity contribution is 9.10. The Morgan fingerprint density at radius 1 is 1.00 bits per heavy atom. The van der Waals surface area contributed by atoms with Crippen molar-refractivity contribution >= 4 is 33.2 Å². The zero-order valence-electron chi connectivity index (χ0n) is 14.6. The first-order valence-corrected chi connectivity index (χ1v) is 8.37. The van der Waals surface area contributed by atoms with E-state index in [9.17, 15) is 4.79 Å². The van der Waals surface area contributed by atoms with Gasteiger partial charge >= 0.3 is 0 Å². The van der Waals surface area contributed by atoms with Gasteiger partial charge in [-0.15, -0.1) is 0 Å². The molecule has 1 amide bonds. The Kier molecular flexibility index (Phi) is 6.52. The number of halogens is 1. The minimum Gasteiger partial charge on any atom is -0.493 e. The highest BCUT2D eigenvalue weighted by Gasteiger charge is 2.14. The summed E-state index contributed by atoms with van der Waals surface area (Å²) in [5.41, 5.74) is 2.53. The molecule has 0 saturated carbocycles. The van der Waals surface area contributed by atoms with E-state index in [1.165, 1.54) is 21.3 Å². The van der Waals surface area contributed by atoms with Crippen LogP contribution in [0.1, 0.15) is 5.56 Å². The molecule has 7 heteroatoms. The fraction of sp³-hybridized carbons (Fsp3) is 0.278. The molecule has 0 fully saturated rings. The normalized spacial score (nSPS) is 10.1. The maximum Gasteiger partial charge on any atom is 0.243 e. The van der Waals surface area contributed by atoms with Crippen molar-refractivity contribution in [1.82, 2.24) is 0 Å². The number of ether oxygens (including phenoxy) is 3. The van der Waals surface area contributed by atoms with Crippen molar-refractivity contribution in [3.8, 4) is 17.2 Å². The first kappa shape index (κ1) is 18.9. The molecule has 0 unspecified atom stereocenters. The average Bonchev–Trinajstić information content (AvgIpc) is 2.61. The molecule has 0 bridgehead atoms. The van der Waals surface area contributed by atoms with Gasteiger partial charge in [-0.05, 0) is 30.7 Å². The molecule has 0 saturated heterocycles. The summed E-state index contributed by atoms with van der Waals surface area (Å²) in [6, 6.07) is 9.18. The van der Waals surface area contributed by atoms with Crippen LogP contribution < -0.4 is 24.8 Å². The molecular weight excluding hydrogens is 388 g/mol. The van der Waals surface area contributed by atoms with Crippen molar-refractivity contribution in [3.05, 3.63) is 40.4 Å². The second kappa shape index (κ2) is 8.62. The standard InChI is InChI=1S/C18H21BrN2O4/c1-11-7-12(5-6-14(11)19)20-10-17(22)21-13-8-15(23-2)18(25-4)16(9-13)24-3/h5-9,20H,10H2,1-4H3,(H,21,22).